The molecule has 0 radical (unpaired) electrons. The van der Waals surface area contributed by atoms with Crippen molar-refractivity contribution >= 4 is 0 Å². The molecule has 14 heteroatoms. The van der Waals surface area contributed by atoms with Gasteiger partial charge in [0.05, 0.1) is 165 Å². The van der Waals surface area contributed by atoms with Gasteiger partial charge >= 0.3 is 0 Å². The minimum Gasteiger partial charge on any atom is -0.379 e. The summed E-state index contributed by atoms with van der Waals surface area (Å²) in [5.41, 5.74) is 0. The van der Waals surface area contributed by atoms with Gasteiger partial charge in [-0.1, -0.05) is 0 Å². The lowest BCUT2D eigenvalue weighted by molar-refractivity contribution is -0.0289. The molecule has 0 unspecified atom stereocenters. The van der Waals surface area contributed by atoms with Crippen molar-refractivity contribution in [3.63, 3.8) is 0 Å². The number of likely N-dealkylation sites (N-methyl/N-ethyl adjacent to an activating group) is 1. The van der Waals surface area contributed by atoms with E-state index in [2.05, 4.69) is 5.32 Å². The van der Waals surface area contributed by atoms with Gasteiger partial charge in [0.1, 0.15) is 0 Å². The molecule has 0 aromatic rings. The van der Waals surface area contributed by atoms with Crippen LogP contribution in [0.4, 0.5) is 0 Å². The summed E-state index contributed by atoms with van der Waals surface area (Å²) in [7, 11) is 1.90. The zero-order valence-corrected chi connectivity index (χ0v) is 26.9. The van der Waals surface area contributed by atoms with Gasteiger partial charge in [-0.25, -0.2) is 0 Å². The summed E-state index contributed by atoms with van der Waals surface area (Å²) in [6.45, 7) is 17.2. The largest absolute Gasteiger partial charge is 0.379 e. The van der Waals surface area contributed by atoms with E-state index >= 15 is 0 Å². The molecule has 0 aromatic heterocycles. The third-order valence-corrected chi connectivity index (χ3v) is 5.16. The molecule has 0 amide bonds. The van der Waals surface area contributed by atoms with Crippen molar-refractivity contribution in [1.29, 1.82) is 0 Å². The van der Waals surface area contributed by atoms with Crippen LogP contribution in [0.2, 0.25) is 0 Å². The molecule has 0 heterocycles. The number of rotatable bonds is 40. The van der Waals surface area contributed by atoms with E-state index in [1.165, 1.54) is 0 Å². The van der Waals surface area contributed by atoms with Crippen LogP contribution in [-0.4, -0.2) is 185 Å². The molecular formula is C29H61NO13. The Balaban J connectivity index is 3.02. The van der Waals surface area contributed by atoms with Gasteiger partial charge in [-0.05, 0) is 14.0 Å². The highest BCUT2D eigenvalue weighted by Crippen LogP contribution is 1.87. The van der Waals surface area contributed by atoms with Crippen molar-refractivity contribution in [2.75, 3.05) is 185 Å². The Labute approximate surface area is 259 Å². The second-order valence-corrected chi connectivity index (χ2v) is 8.65. The van der Waals surface area contributed by atoms with E-state index in [9.17, 15) is 0 Å². The second-order valence-electron chi connectivity index (χ2n) is 8.65. The summed E-state index contributed by atoms with van der Waals surface area (Å²) in [6.07, 6.45) is 0. The average Bonchev–Trinajstić information content (AvgIpc) is 3.02. The quantitative estimate of drug-likeness (QED) is 0.0938. The standard InChI is InChI=1S/C29H61NO13/c1-3-31-6-7-33-10-11-35-14-15-37-18-19-39-22-23-41-26-27-43-29-28-42-25-24-40-21-20-38-17-16-36-13-12-34-9-8-32-5-4-30-2/h30H,3-29H2,1-2H3. The van der Waals surface area contributed by atoms with Crippen molar-refractivity contribution in [2.45, 2.75) is 6.92 Å². The molecule has 14 nitrogen and oxygen atoms in total. The van der Waals surface area contributed by atoms with Gasteiger partial charge in [0.25, 0.3) is 0 Å². The fourth-order valence-corrected chi connectivity index (χ4v) is 2.96. The molecular weight excluding hydrogens is 570 g/mol. The summed E-state index contributed by atoms with van der Waals surface area (Å²) in [5, 5.41) is 3.02. The molecule has 0 aliphatic heterocycles. The van der Waals surface area contributed by atoms with Crippen LogP contribution in [0.15, 0.2) is 0 Å². The van der Waals surface area contributed by atoms with Gasteiger partial charge in [-0.2, -0.15) is 0 Å². The smallest absolute Gasteiger partial charge is 0.0701 e. The minimum absolute atomic E-state index is 0.514. The van der Waals surface area contributed by atoms with Crippen LogP contribution in [0, 0.1) is 0 Å². The van der Waals surface area contributed by atoms with Gasteiger partial charge in [-0.15, -0.1) is 0 Å². The maximum absolute atomic E-state index is 5.48. The molecule has 1 N–H and O–H groups in total. The van der Waals surface area contributed by atoms with Crippen LogP contribution in [0.25, 0.3) is 0 Å². The molecule has 0 bridgehead atoms. The molecule has 0 saturated carbocycles. The molecule has 0 rings (SSSR count). The predicted molar refractivity (Wildman–Crippen MR) is 160 cm³/mol. The zero-order valence-electron chi connectivity index (χ0n) is 26.9. The van der Waals surface area contributed by atoms with E-state index in [1.807, 2.05) is 14.0 Å². The van der Waals surface area contributed by atoms with E-state index in [4.69, 9.17) is 61.6 Å². The summed E-state index contributed by atoms with van der Waals surface area (Å²) in [5.74, 6) is 0. The van der Waals surface area contributed by atoms with Crippen molar-refractivity contribution in [3.8, 4) is 0 Å². The van der Waals surface area contributed by atoms with Crippen LogP contribution in [0.3, 0.4) is 0 Å². The maximum atomic E-state index is 5.48. The first-order chi connectivity index (χ1) is 21.4. The van der Waals surface area contributed by atoms with Crippen LogP contribution in [-0.2, 0) is 61.6 Å². The number of hydrogen-bond donors (Lipinski definition) is 1. The third kappa shape index (κ3) is 41.4. The van der Waals surface area contributed by atoms with Crippen LogP contribution in [0.1, 0.15) is 6.92 Å². The Bertz CT molecular complexity index is 444. The van der Waals surface area contributed by atoms with Gasteiger partial charge in [0, 0.05) is 13.2 Å². The molecule has 0 saturated heterocycles. The number of ether oxygens (including phenoxy) is 13. The van der Waals surface area contributed by atoms with Gasteiger partial charge in [0.2, 0.25) is 0 Å². The highest BCUT2D eigenvalue weighted by molar-refractivity contribution is 4.40. The lowest BCUT2D eigenvalue weighted by Gasteiger charge is -2.09. The van der Waals surface area contributed by atoms with Gasteiger partial charge in [0.15, 0.2) is 0 Å². The third-order valence-electron chi connectivity index (χ3n) is 5.16. The van der Waals surface area contributed by atoms with Crippen molar-refractivity contribution in [3.05, 3.63) is 0 Å². The molecule has 43 heavy (non-hydrogen) atoms. The highest BCUT2D eigenvalue weighted by Gasteiger charge is 1.96. The lowest BCUT2D eigenvalue weighted by Crippen LogP contribution is -2.17. The first-order valence-corrected chi connectivity index (χ1v) is 15.6. The Kier molecular flexibility index (Phi) is 40.9. The van der Waals surface area contributed by atoms with E-state index in [0.717, 1.165) is 6.54 Å². The van der Waals surface area contributed by atoms with Gasteiger partial charge < -0.3 is 66.9 Å². The van der Waals surface area contributed by atoms with Crippen LogP contribution >= 0.6 is 0 Å². The monoisotopic (exact) mass is 631 g/mol. The number of hydrogen-bond acceptors (Lipinski definition) is 14. The second kappa shape index (κ2) is 41.4. The Morgan fingerprint density at radius 1 is 0.256 bits per heavy atom. The summed E-state index contributed by atoms with van der Waals surface area (Å²) >= 11 is 0. The Morgan fingerprint density at radius 3 is 0.581 bits per heavy atom. The summed E-state index contributed by atoms with van der Waals surface area (Å²) in [4.78, 5) is 0. The molecule has 0 fully saturated rings. The zero-order chi connectivity index (χ0) is 31.0. The highest BCUT2D eigenvalue weighted by atomic mass is 16.6. The first kappa shape index (κ1) is 42.4. The maximum Gasteiger partial charge on any atom is 0.0701 e. The molecule has 260 valence electrons. The average molecular weight is 632 g/mol. The fraction of sp³-hybridized carbons (Fsp3) is 1.00. The summed E-state index contributed by atoms with van der Waals surface area (Å²) < 4.78 is 70.4. The van der Waals surface area contributed by atoms with E-state index in [-0.39, 0.29) is 0 Å². The van der Waals surface area contributed by atoms with Crippen LogP contribution in [0.5, 0.6) is 0 Å². The van der Waals surface area contributed by atoms with Crippen molar-refractivity contribution < 1.29 is 61.6 Å². The first-order valence-electron chi connectivity index (χ1n) is 15.6. The van der Waals surface area contributed by atoms with Crippen LogP contribution < -0.4 is 5.32 Å². The van der Waals surface area contributed by atoms with E-state index in [0.29, 0.717) is 172 Å². The molecule has 0 spiro atoms. The van der Waals surface area contributed by atoms with Crippen molar-refractivity contribution in [2.24, 2.45) is 0 Å². The SMILES string of the molecule is CCOCCOCCOCCOCCOCCOCCOCCOCCOCCOCCOCCOCCOCCNC. The molecule has 0 atom stereocenters. The predicted octanol–water partition coefficient (Wildman–Crippen LogP) is 0.442. The topological polar surface area (TPSA) is 132 Å². The molecule has 0 aliphatic carbocycles. The normalized spacial score (nSPS) is 11.6. The van der Waals surface area contributed by atoms with E-state index < -0.39 is 0 Å². The lowest BCUT2D eigenvalue weighted by atomic mass is 10.6. The summed E-state index contributed by atoms with van der Waals surface area (Å²) in [6, 6.07) is 0. The van der Waals surface area contributed by atoms with Crippen molar-refractivity contribution in [1.82, 2.24) is 5.32 Å². The van der Waals surface area contributed by atoms with E-state index in [1.54, 1.807) is 0 Å². The van der Waals surface area contributed by atoms with Gasteiger partial charge in [-0.3, -0.25) is 0 Å². The Hall–Kier alpha value is -0.560. The number of nitrogens with one attached hydrogen (secondary N) is 1. The fourth-order valence-electron chi connectivity index (χ4n) is 2.96. The minimum atomic E-state index is 0.514. The molecule has 0 aliphatic rings. The molecule has 0 aromatic carbocycles. The Morgan fingerprint density at radius 2 is 0.419 bits per heavy atom.